The molecule has 0 bridgehead atoms. The molecule has 0 radical (unpaired) electrons. The molecule has 0 heterocycles. The predicted octanol–water partition coefficient (Wildman–Crippen LogP) is 8.55. The van der Waals surface area contributed by atoms with Crippen LogP contribution in [0, 0.1) is 23.2 Å². The lowest BCUT2D eigenvalue weighted by Crippen LogP contribution is -2.37. The van der Waals surface area contributed by atoms with E-state index in [-0.39, 0.29) is 0 Å². The van der Waals surface area contributed by atoms with Gasteiger partial charge in [-0.15, -0.1) is 0 Å². The molecule has 3 rings (SSSR count). The van der Waals surface area contributed by atoms with Crippen molar-refractivity contribution in [2.45, 2.75) is 110 Å². The Morgan fingerprint density at radius 2 is 1.37 bits per heavy atom. The Morgan fingerprint density at radius 3 is 1.96 bits per heavy atom. The molecule has 1 aromatic carbocycles. The quantitative estimate of drug-likeness (QED) is 0.452. The summed E-state index contributed by atoms with van der Waals surface area (Å²) in [4.78, 5) is 0. The number of hydrogen-bond donors (Lipinski definition) is 0. The molecule has 2 fully saturated rings. The molecular formula is C27H44. The molecule has 2 saturated carbocycles. The molecule has 0 nitrogen and oxygen atoms in total. The largest absolute Gasteiger partial charge is 0.0622 e. The van der Waals surface area contributed by atoms with Gasteiger partial charge in [0.25, 0.3) is 0 Å². The van der Waals surface area contributed by atoms with Gasteiger partial charge < -0.3 is 0 Å². The van der Waals surface area contributed by atoms with Crippen LogP contribution in [0.2, 0.25) is 0 Å². The molecule has 0 saturated heterocycles. The molecule has 0 spiro atoms. The number of benzene rings is 1. The molecule has 0 aliphatic heterocycles. The third-order valence-electron chi connectivity index (χ3n) is 8.25. The summed E-state index contributed by atoms with van der Waals surface area (Å²) < 4.78 is 0. The average molecular weight is 369 g/mol. The van der Waals surface area contributed by atoms with Crippen molar-refractivity contribution in [2.75, 3.05) is 0 Å². The van der Waals surface area contributed by atoms with Crippen LogP contribution in [0.4, 0.5) is 0 Å². The fourth-order valence-electron chi connectivity index (χ4n) is 6.75. The van der Waals surface area contributed by atoms with Crippen LogP contribution in [0.15, 0.2) is 30.3 Å². The summed E-state index contributed by atoms with van der Waals surface area (Å²) in [6.07, 6.45) is 17.3. The number of hydrogen-bond acceptors (Lipinski definition) is 0. The zero-order chi connectivity index (χ0) is 19.3. The van der Waals surface area contributed by atoms with Crippen LogP contribution in [-0.2, 0) is 5.41 Å². The molecule has 2 aliphatic carbocycles. The molecule has 0 aromatic heterocycles. The number of rotatable bonds is 7. The zero-order valence-electron chi connectivity index (χ0n) is 18.6. The van der Waals surface area contributed by atoms with Gasteiger partial charge in [0.15, 0.2) is 0 Å². The summed E-state index contributed by atoms with van der Waals surface area (Å²) in [7, 11) is 0. The Labute approximate surface area is 169 Å². The van der Waals surface area contributed by atoms with Crippen LogP contribution in [-0.4, -0.2) is 0 Å². The summed E-state index contributed by atoms with van der Waals surface area (Å²) in [5.74, 6) is 2.72. The van der Waals surface area contributed by atoms with Crippen LogP contribution >= 0.6 is 0 Å². The molecule has 152 valence electrons. The maximum atomic E-state index is 2.59. The standard InChI is InChI=1S/C27H44/c1-22(23-14-8-5-9-15-23)20-27(4,25-18-12-7-13-19-25)21-26(2,3)24-16-10-6-11-17-24/h7,12-13,18-19,22-24H,5-6,8-11,14-17,20-21H2,1-4H3. The van der Waals surface area contributed by atoms with E-state index in [2.05, 4.69) is 58.0 Å². The third-order valence-corrected chi connectivity index (χ3v) is 8.25. The van der Waals surface area contributed by atoms with Crippen molar-refractivity contribution in [3.05, 3.63) is 35.9 Å². The lowest BCUT2D eigenvalue weighted by Gasteiger charge is -2.45. The van der Waals surface area contributed by atoms with E-state index in [4.69, 9.17) is 0 Å². The minimum absolute atomic E-state index is 0.305. The molecule has 2 unspecified atom stereocenters. The Morgan fingerprint density at radius 1 is 0.815 bits per heavy atom. The first-order valence-electron chi connectivity index (χ1n) is 12.0. The van der Waals surface area contributed by atoms with Crippen LogP contribution in [0.1, 0.15) is 110 Å². The van der Waals surface area contributed by atoms with E-state index in [0.717, 1.165) is 17.8 Å². The lowest BCUT2D eigenvalue weighted by atomic mass is 9.59. The second-order valence-corrected chi connectivity index (χ2v) is 11.0. The maximum Gasteiger partial charge on any atom is -0.00675 e. The van der Waals surface area contributed by atoms with Gasteiger partial charge in [0.2, 0.25) is 0 Å². The second kappa shape index (κ2) is 9.15. The van der Waals surface area contributed by atoms with Crippen LogP contribution in [0.25, 0.3) is 0 Å². The van der Waals surface area contributed by atoms with Gasteiger partial charge in [-0.3, -0.25) is 0 Å². The van der Waals surface area contributed by atoms with Crippen molar-refractivity contribution < 1.29 is 0 Å². The van der Waals surface area contributed by atoms with Crippen LogP contribution < -0.4 is 0 Å². The van der Waals surface area contributed by atoms with Crippen LogP contribution in [0.3, 0.4) is 0 Å². The van der Waals surface area contributed by atoms with Gasteiger partial charge in [0, 0.05) is 0 Å². The Balaban J connectivity index is 1.79. The summed E-state index contributed by atoms with van der Waals surface area (Å²) >= 11 is 0. The van der Waals surface area contributed by atoms with Crippen molar-refractivity contribution in [3.63, 3.8) is 0 Å². The van der Waals surface area contributed by atoms with Crippen LogP contribution in [0.5, 0.6) is 0 Å². The molecule has 0 amide bonds. The van der Waals surface area contributed by atoms with Crippen molar-refractivity contribution in [2.24, 2.45) is 23.2 Å². The van der Waals surface area contributed by atoms with E-state index in [1.54, 1.807) is 5.56 Å². The molecule has 2 atom stereocenters. The van der Waals surface area contributed by atoms with Gasteiger partial charge in [-0.25, -0.2) is 0 Å². The van der Waals surface area contributed by atoms with E-state index in [0.29, 0.717) is 10.8 Å². The van der Waals surface area contributed by atoms with Gasteiger partial charge in [0.05, 0.1) is 0 Å². The van der Waals surface area contributed by atoms with Crippen molar-refractivity contribution in [3.8, 4) is 0 Å². The minimum atomic E-state index is 0.305. The second-order valence-electron chi connectivity index (χ2n) is 11.0. The third kappa shape index (κ3) is 5.39. The normalized spacial score (nSPS) is 23.7. The summed E-state index contributed by atoms with van der Waals surface area (Å²) in [5, 5.41) is 0. The molecule has 1 aromatic rings. The van der Waals surface area contributed by atoms with Crippen molar-refractivity contribution >= 4 is 0 Å². The van der Waals surface area contributed by atoms with Crippen molar-refractivity contribution in [1.29, 1.82) is 0 Å². The summed E-state index contributed by atoms with van der Waals surface area (Å²) in [6, 6.07) is 11.5. The van der Waals surface area contributed by atoms with Gasteiger partial charge in [-0.1, -0.05) is 109 Å². The highest BCUT2D eigenvalue weighted by atomic mass is 14.4. The van der Waals surface area contributed by atoms with Gasteiger partial charge >= 0.3 is 0 Å². The molecule has 0 heteroatoms. The molecular weight excluding hydrogens is 324 g/mol. The minimum Gasteiger partial charge on any atom is -0.0622 e. The molecule has 0 N–H and O–H groups in total. The van der Waals surface area contributed by atoms with Crippen molar-refractivity contribution in [1.82, 2.24) is 0 Å². The highest BCUT2D eigenvalue weighted by molar-refractivity contribution is 5.25. The van der Waals surface area contributed by atoms with E-state index < -0.39 is 0 Å². The first-order valence-corrected chi connectivity index (χ1v) is 12.0. The summed E-state index contributed by atoms with van der Waals surface area (Å²) in [5.41, 5.74) is 2.33. The monoisotopic (exact) mass is 368 g/mol. The van der Waals surface area contributed by atoms with E-state index in [1.807, 2.05) is 0 Å². The zero-order valence-corrected chi connectivity index (χ0v) is 18.6. The average Bonchev–Trinajstić information content (AvgIpc) is 2.69. The highest BCUT2D eigenvalue weighted by Crippen LogP contribution is 2.49. The lowest BCUT2D eigenvalue weighted by molar-refractivity contribution is 0.0963. The van der Waals surface area contributed by atoms with E-state index in [9.17, 15) is 0 Å². The van der Waals surface area contributed by atoms with Gasteiger partial charge in [-0.05, 0) is 59.8 Å². The first-order chi connectivity index (χ1) is 12.9. The predicted molar refractivity (Wildman–Crippen MR) is 119 cm³/mol. The van der Waals surface area contributed by atoms with E-state index in [1.165, 1.54) is 77.0 Å². The summed E-state index contributed by atoms with van der Waals surface area (Å²) in [6.45, 7) is 10.3. The Bertz CT molecular complexity index is 545. The SMILES string of the molecule is CC(CC(C)(CC(C)(C)C1CCCCC1)c1ccccc1)C1CCCCC1. The van der Waals surface area contributed by atoms with E-state index >= 15 is 0 Å². The molecule has 2 aliphatic rings. The highest BCUT2D eigenvalue weighted by Gasteiger charge is 2.40. The Kier molecular flexibility index (Phi) is 7.09. The smallest absolute Gasteiger partial charge is 0.00675 e. The van der Waals surface area contributed by atoms with Gasteiger partial charge in [0.1, 0.15) is 0 Å². The fourth-order valence-corrected chi connectivity index (χ4v) is 6.75. The fraction of sp³-hybridized carbons (Fsp3) is 0.778. The Hall–Kier alpha value is -0.780. The maximum absolute atomic E-state index is 2.59. The molecule has 27 heavy (non-hydrogen) atoms. The topological polar surface area (TPSA) is 0 Å². The van der Waals surface area contributed by atoms with Gasteiger partial charge in [-0.2, -0.15) is 0 Å². The first kappa shape index (κ1) is 20.9.